The van der Waals surface area contributed by atoms with Crippen molar-refractivity contribution in [2.45, 2.75) is 43.8 Å². The largest absolute Gasteiger partial charge is 0.454 e. The van der Waals surface area contributed by atoms with Crippen LogP contribution in [0, 0.1) is 0 Å². The standard InChI is InChI=1S/C19H26N2O4S2/c1-14(24-2)10-16-12-17(21-27(23)18-7-5-9-25-18)11-15(6-3-4-8-22)19(16)20-13-26/h5,7,9,11-14,21-22H,3-4,6,8,10H2,1-2H3,(H,20,26). The highest BCUT2D eigenvalue weighted by Crippen LogP contribution is 2.30. The van der Waals surface area contributed by atoms with Crippen LogP contribution in [0.4, 0.5) is 11.4 Å². The van der Waals surface area contributed by atoms with Gasteiger partial charge in [0.05, 0.1) is 17.9 Å². The minimum Gasteiger partial charge on any atom is -0.454 e. The molecule has 0 saturated heterocycles. The Hall–Kier alpha value is -1.74. The molecule has 2 atom stereocenters. The normalized spacial score (nSPS) is 13.1. The number of aryl methyl sites for hydroxylation is 1. The van der Waals surface area contributed by atoms with Gasteiger partial charge in [-0.15, -0.1) is 0 Å². The van der Waals surface area contributed by atoms with Gasteiger partial charge in [-0.25, -0.2) is 4.21 Å². The van der Waals surface area contributed by atoms with Crippen LogP contribution in [0.15, 0.2) is 40.0 Å². The minimum atomic E-state index is -1.49. The van der Waals surface area contributed by atoms with Gasteiger partial charge in [0.15, 0.2) is 11.0 Å². The second kappa shape index (κ2) is 11.2. The Balaban J connectivity index is 2.36. The van der Waals surface area contributed by atoms with Gasteiger partial charge < -0.3 is 19.6 Å². The summed E-state index contributed by atoms with van der Waals surface area (Å²) in [5.74, 6) is 0. The fourth-order valence-corrected chi connectivity index (χ4v) is 3.67. The van der Waals surface area contributed by atoms with Crippen molar-refractivity contribution in [2.24, 2.45) is 0 Å². The number of ether oxygens (including phenoxy) is 1. The summed E-state index contributed by atoms with van der Waals surface area (Å²) in [5.41, 5.74) is 5.23. The molecule has 0 saturated carbocycles. The highest BCUT2D eigenvalue weighted by Gasteiger charge is 2.15. The monoisotopic (exact) mass is 410 g/mol. The summed E-state index contributed by atoms with van der Waals surface area (Å²) in [6, 6.07) is 7.28. The van der Waals surface area contributed by atoms with Crippen molar-refractivity contribution in [3.05, 3.63) is 41.7 Å². The van der Waals surface area contributed by atoms with E-state index in [1.165, 1.54) is 11.8 Å². The molecule has 27 heavy (non-hydrogen) atoms. The summed E-state index contributed by atoms with van der Waals surface area (Å²) in [4.78, 5) is 0. The summed E-state index contributed by atoms with van der Waals surface area (Å²) < 4.78 is 26.1. The zero-order chi connectivity index (χ0) is 19.6. The van der Waals surface area contributed by atoms with Gasteiger partial charge in [-0.2, -0.15) is 0 Å². The molecule has 148 valence electrons. The quantitative estimate of drug-likeness (QED) is 0.366. The van der Waals surface area contributed by atoms with Crippen molar-refractivity contribution in [1.82, 2.24) is 0 Å². The summed E-state index contributed by atoms with van der Waals surface area (Å²) >= 11 is 5.00. The maximum absolute atomic E-state index is 12.5. The predicted molar refractivity (Wildman–Crippen MR) is 113 cm³/mol. The molecule has 0 fully saturated rings. The number of furan rings is 1. The van der Waals surface area contributed by atoms with Gasteiger partial charge in [0, 0.05) is 31.5 Å². The Kier molecular flexibility index (Phi) is 8.93. The molecule has 2 unspecified atom stereocenters. The molecule has 1 aromatic carbocycles. The Morgan fingerprint density at radius 3 is 2.78 bits per heavy atom. The van der Waals surface area contributed by atoms with Crippen LogP contribution < -0.4 is 10.0 Å². The lowest BCUT2D eigenvalue weighted by Crippen LogP contribution is -2.13. The van der Waals surface area contributed by atoms with Gasteiger partial charge in [-0.3, -0.25) is 4.72 Å². The van der Waals surface area contributed by atoms with Crippen LogP contribution in [-0.4, -0.2) is 34.6 Å². The molecule has 1 heterocycles. The highest BCUT2D eigenvalue weighted by atomic mass is 32.2. The van der Waals surface area contributed by atoms with Gasteiger partial charge in [0.1, 0.15) is 0 Å². The fraction of sp³-hybridized carbons (Fsp3) is 0.421. The molecule has 1 aromatic heterocycles. The van der Waals surface area contributed by atoms with Gasteiger partial charge >= 0.3 is 0 Å². The van der Waals surface area contributed by atoms with Crippen LogP contribution in [0.2, 0.25) is 0 Å². The number of thiocarbonyl (C=S) groups is 1. The molecule has 0 radical (unpaired) electrons. The third-order valence-electron chi connectivity index (χ3n) is 4.16. The number of aliphatic hydroxyl groups is 1. The fourth-order valence-electron chi connectivity index (χ4n) is 2.78. The summed E-state index contributed by atoms with van der Waals surface area (Å²) in [7, 11) is 0.185. The van der Waals surface area contributed by atoms with Crippen LogP contribution in [0.1, 0.15) is 30.9 Å². The third kappa shape index (κ3) is 6.42. The predicted octanol–water partition coefficient (Wildman–Crippen LogP) is 3.68. The highest BCUT2D eigenvalue weighted by molar-refractivity contribution is 7.86. The topological polar surface area (TPSA) is 83.7 Å². The van der Waals surface area contributed by atoms with Crippen molar-refractivity contribution in [2.75, 3.05) is 23.8 Å². The first-order valence-electron chi connectivity index (χ1n) is 8.80. The smallest absolute Gasteiger partial charge is 0.210 e. The second-order valence-corrected chi connectivity index (χ2v) is 7.55. The van der Waals surface area contributed by atoms with E-state index >= 15 is 0 Å². The lowest BCUT2D eigenvalue weighted by Gasteiger charge is -2.19. The first-order valence-corrected chi connectivity index (χ1v) is 10.4. The maximum Gasteiger partial charge on any atom is 0.210 e. The van der Waals surface area contributed by atoms with Gasteiger partial charge in [-0.05, 0) is 61.6 Å². The van der Waals surface area contributed by atoms with E-state index in [0.29, 0.717) is 11.5 Å². The molecule has 8 heteroatoms. The van der Waals surface area contributed by atoms with Crippen LogP contribution >= 0.6 is 12.2 Å². The summed E-state index contributed by atoms with van der Waals surface area (Å²) in [6.07, 6.45) is 4.52. The van der Waals surface area contributed by atoms with E-state index in [4.69, 9.17) is 26.5 Å². The number of nitrogens with one attached hydrogen (secondary N) is 2. The van der Waals surface area contributed by atoms with Crippen molar-refractivity contribution in [3.63, 3.8) is 0 Å². The van der Waals surface area contributed by atoms with Crippen LogP contribution in [0.5, 0.6) is 0 Å². The zero-order valence-corrected chi connectivity index (χ0v) is 17.2. The van der Waals surface area contributed by atoms with E-state index in [0.717, 1.165) is 41.8 Å². The number of anilines is 2. The zero-order valence-electron chi connectivity index (χ0n) is 15.6. The van der Waals surface area contributed by atoms with E-state index in [1.807, 2.05) is 19.1 Å². The van der Waals surface area contributed by atoms with Gasteiger partial charge in [0.2, 0.25) is 5.09 Å². The number of rotatable bonds is 12. The van der Waals surface area contributed by atoms with Crippen molar-refractivity contribution < 1.29 is 18.5 Å². The van der Waals surface area contributed by atoms with E-state index in [1.54, 1.807) is 19.2 Å². The Morgan fingerprint density at radius 1 is 1.37 bits per heavy atom. The van der Waals surface area contributed by atoms with E-state index < -0.39 is 11.0 Å². The number of methoxy groups -OCH3 is 1. The Morgan fingerprint density at radius 2 is 2.15 bits per heavy atom. The molecular formula is C19H26N2O4S2. The lowest BCUT2D eigenvalue weighted by atomic mass is 9.97. The van der Waals surface area contributed by atoms with Crippen LogP contribution in [0.25, 0.3) is 0 Å². The molecule has 2 rings (SSSR count). The number of hydrogen-bond donors (Lipinski definition) is 3. The van der Waals surface area contributed by atoms with Gasteiger partial charge in [-0.1, -0.05) is 12.2 Å². The van der Waals surface area contributed by atoms with Crippen molar-refractivity contribution in [1.29, 1.82) is 0 Å². The van der Waals surface area contributed by atoms with E-state index in [2.05, 4.69) is 10.0 Å². The van der Waals surface area contributed by atoms with Gasteiger partial charge in [0.25, 0.3) is 0 Å². The van der Waals surface area contributed by atoms with E-state index in [9.17, 15) is 4.21 Å². The number of hydrogen-bond acceptors (Lipinski definition) is 5. The van der Waals surface area contributed by atoms with Crippen molar-refractivity contribution >= 4 is 40.1 Å². The third-order valence-corrected chi connectivity index (χ3v) is 5.29. The Bertz CT molecular complexity index is 750. The minimum absolute atomic E-state index is 0.0202. The Labute approximate surface area is 167 Å². The SMILES string of the molecule is COC(C)Cc1cc(NS(=O)c2ccco2)cc(CCCCO)c1NC=S. The van der Waals surface area contributed by atoms with E-state index in [-0.39, 0.29) is 12.7 Å². The van der Waals surface area contributed by atoms with Crippen molar-refractivity contribution in [3.8, 4) is 0 Å². The second-order valence-electron chi connectivity index (χ2n) is 6.17. The molecule has 0 bridgehead atoms. The number of benzene rings is 1. The molecule has 0 aliphatic carbocycles. The molecule has 3 N–H and O–H groups in total. The average molecular weight is 411 g/mol. The first kappa shape index (κ1) is 21.6. The molecule has 6 nitrogen and oxygen atoms in total. The lowest BCUT2D eigenvalue weighted by molar-refractivity contribution is 0.119. The van der Waals surface area contributed by atoms with Crippen LogP contribution in [-0.2, 0) is 28.6 Å². The number of unbranched alkanes of at least 4 members (excludes halogenated alkanes) is 1. The maximum atomic E-state index is 12.5. The summed E-state index contributed by atoms with van der Waals surface area (Å²) in [5, 5.41) is 12.6. The molecule has 0 aliphatic heterocycles. The molecular weight excluding hydrogens is 384 g/mol. The molecule has 0 aliphatic rings. The average Bonchev–Trinajstić information content (AvgIpc) is 3.19. The molecule has 0 spiro atoms. The number of aliphatic hydroxyl groups excluding tert-OH is 1. The van der Waals surface area contributed by atoms with Crippen LogP contribution in [0.3, 0.4) is 0 Å². The molecule has 0 amide bonds. The first-order chi connectivity index (χ1) is 13.1. The molecule has 2 aromatic rings. The summed E-state index contributed by atoms with van der Waals surface area (Å²) in [6.45, 7) is 2.15.